The fraction of sp³-hybridized carbons (Fsp3) is 0.778. The van der Waals surface area contributed by atoms with Gasteiger partial charge < -0.3 is 10.4 Å². The summed E-state index contributed by atoms with van der Waals surface area (Å²) in [5.41, 5.74) is 2.40. The zero-order valence-electron chi connectivity index (χ0n) is 19.4. The van der Waals surface area contributed by atoms with Crippen LogP contribution in [0.25, 0.3) is 0 Å². The normalized spacial score (nSPS) is 11.1. The Labute approximate surface area is 181 Å². The van der Waals surface area contributed by atoms with Crippen molar-refractivity contribution in [2.24, 2.45) is 0 Å². The highest BCUT2D eigenvalue weighted by molar-refractivity contribution is 5.44. The van der Waals surface area contributed by atoms with E-state index in [-0.39, 0.29) is 6.61 Å². The number of anilines is 1. The van der Waals surface area contributed by atoms with Crippen LogP contribution in [0, 0.1) is 0 Å². The third-order valence-corrected chi connectivity index (χ3v) is 5.96. The van der Waals surface area contributed by atoms with E-state index in [4.69, 9.17) is 5.11 Å². The average molecular weight is 404 g/mol. The molecule has 0 heterocycles. The van der Waals surface area contributed by atoms with Crippen molar-refractivity contribution < 1.29 is 5.11 Å². The smallest absolute Gasteiger partial charge is 0.0471 e. The van der Waals surface area contributed by atoms with Gasteiger partial charge in [-0.1, -0.05) is 122 Å². The summed E-state index contributed by atoms with van der Waals surface area (Å²) in [7, 11) is 0. The minimum Gasteiger partial charge on any atom is -0.396 e. The summed E-state index contributed by atoms with van der Waals surface area (Å²) < 4.78 is 0. The van der Waals surface area contributed by atoms with Gasteiger partial charge in [0.1, 0.15) is 0 Å². The molecule has 1 aromatic rings. The number of benzene rings is 1. The summed E-state index contributed by atoms with van der Waals surface area (Å²) in [5, 5.41) is 12.4. The number of hydrogen-bond acceptors (Lipinski definition) is 2. The SMILES string of the molecule is CCCCCCCCCCCCCCCCCCCNc1ccc(CCO)cc1. The Morgan fingerprint density at radius 2 is 1.00 bits per heavy atom. The standard InChI is InChI=1S/C27H49NO/c1-2-3-4-5-6-7-8-9-10-11-12-13-14-15-16-17-18-24-28-27-21-19-26(20-22-27)23-25-29/h19-22,28-29H,2-18,23-25H2,1H3. The van der Waals surface area contributed by atoms with E-state index in [0.717, 1.165) is 13.0 Å². The van der Waals surface area contributed by atoms with Gasteiger partial charge in [0.2, 0.25) is 0 Å². The van der Waals surface area contributed by atoms with E-state index in [1.54, 1.807) is 0 Å². The van der Waals surface area contributed by atoms with Crippen molar-refractivity contribution in [2.45, 2.75) is 122 Å². The number of aliphatic hydroxyl groups excluding tert-OH is 1. The van der Waals surface area contributed by atoms with Crippen LogP contribution in [0.5, 0.6) is 0 Å². The molecule has 0 unspecified atom stereocenters. The first kappa shape index (κ1) is 26.0. The lowest BCUT2D eigenvalue weighted by molar-refractivity contribution is 0.299. The molecule has 0 atom stereocenters. The summed E-state index contributed by atoms with van der Waals surface area (Å²) >= 11 is 0. The molecule has 0 fully saturated rings. The molecule has 0 saturated heterocycles. The van der Waals surface area contributed by atoms with Crippen molar-refractivity contribution in [2.75, 3.05) is 18.5 Å². The van der Waals surface area contributed by atoms with E-state index >= 15 is 0 Å². The van der Waals surface area contributed by atoms with Gasteiger partial charge in [0.15, 0.2) is 0 Å². The predicted molar refractivity (Wildman–Crippen MR) is 130 cm³/mol. The van der Waals surface area contributed by atoms with E-state index < -0.39 is 0 Å². The molecule has 2 N–H and O–H groups in total. The molecule has 2 nitrogen and oxygen atoms in total. The first-order valence-electron chi connectivity index (χ1n) is 12.8. The Bertz CT molecular complexity index is 442. The summed E-state index contributed by atoms with van der Waals surface area (Å²) in [6.45, 7) is 3.59. The molecule has 2 heteroatoms. The second-order valence-electron chi connectivity index (χ2n) is 8.75. The molecule has 29 heavy (non-hydrogen) atoms. The summed E-state index contributed by atoms with van der Waals surface area (Å²) in [5.74, 6) is 0. The number of hydrogen-bond donors (Lipinski definition) is 2. The Kier molecular flexibility index (Phi) is 18.2. The van der Waals surface area contributed by atoms with Gasteiger partial charge in [0.05, 0.1) is 0 Å². The Morgan fingerprint density at radius 3 is 1.41 bits per heavy atom. The number of aliphatic hydroxyl groups is 1. The van der Waals surface area contributed by atoms with E-state index in [0.29, 0.717) is 0 Å². The molecule has 0 bridgehead atoms. The van der Waals surface area contributed by atoms with E-state index in [1.165, 1.54) is 120 Å². The van der Waals surface area contributed by atoms with Gasteiger partial charge >= 0.3 is 0 Å². The van der Waals surface area contributed by atoms with Gasteiger partial charge in [0.25, 0.3) is 0 Å². The number of rotatable bonds is 21. The van der Waals surface area contributed by atoms with E-state index in [1.807, 2.05) is 0 Å². The van der Waals surface area contributed by atoms with Crippen LogP contribution in [0.2, 0.25) is 0 Å². The maximum atomic E-state index is 8.95. The molecular formula is C27H49NO. The van der Waals surface area contributed by atoms with Crippen LogP contribution < -0.4 is 5.32 Å². The molecule has 0 aromatic heterocycles. The summed E-state index contributed by atoms with van der Waals surface area (Å²) in [6.07, 6.45) is 24.9. The van der Waals surface area contributed by atoms with Crippen LogP contribution in [0.3, 0.4) is 0 Å². The number of unbranched alkanes of at least 4 members (excludes halogenated alkanes) is 16. The highest BCUT2D eigenvalue weighted by atomic mass is 16.2. The van der Waals surface area contributed by atoms with Crippen molar-refractivity contribution >= 4 is 5.69 Å². The fourth-order valence-corrected chi connectivity index (χ4v) is 4.00. The molecule has 0 spiro atoms. The van der Waals surface area contributed by atoms with E-state index in [9.17, 15) is 0 Å². The minimum absolute atomic E-state index is 0.228. The average Bonchev–Trinajstić information content (AvgIpc) is 2.74. The highest BCUT2D eigenvalue weighted by Gasteiger charge is 1.96. The molecule has 0 radical (unpaired) electrons. The molecule has 1 aromatic carbocycles. The van der Waals surface area contributed by atoms with Gasteiger partial charge in [-0.05, 0) is 30.5 Å². The first-order valence-corrected chi connectivity index (χ1v) is 12.8. The van der Waals surface area contributed by atoms with Crippen LogP contribution >= 0.6 is 0 Å². The van der Waals surface area contributed by atoms with Crippen LogP contribution in [0.4, 0.5) is 5.69 Å². The van der Waals surface area contributed by atoms with Crippen LogP contribution in [0.15, 0.2) is 24.3 Å². The minimum atomic E-state index is 0.228. The van der Waals surface area contributed by atoms with Gasteiger partial charge in [-0.3, -0.25) is 0 Å². The van der Waals surface area contributed by atoms with Crippen LogP contribution in [0.1, 0.15) is 122 Å². The monoisotopic (exact) mass is 403 g/mol. The molecule has 0 aliphatic heterocycles. The lowest BCUT2D eigenvalue weighted by atomic mass is 10.0. The van der Waals surface area contributed by atoms with Crippen molar-refractivity contribution in [3.63, 3.8) is 0 Å². The zero-order chi connectivity index (χ0) is 20.8. The van der Waals surface area contributed by atoms with Gasteiger partial charge in [-0.25, -0.2) is 0 Å². The van der Waals surface area contributed by atoms with Crippen molar-refractivity contribution in [3.05, 3.63) is 29.8 Å². The lowest BCUT2D eigenvalue weighted by Crippen LogP contribution is -2.01. The quantitative estimate of drug-likeness (QED) is 0.202. The maximum absolute atomic E-state index is 8.95. The topological polar surface area (TPSA) is 32.3 Å². The Hall–Kier alpha value is -1.02. The zero-order valence-corrected chi connectivity index (χ0v) is 19.4. The lowest BCUT2D eigenvalue weighted by Gasteiger charge is -2.07. The van der Waals surface area contributed by atoms with Gasteiger partial charge in [-0.2, -0.15) is 0 Å². The molecule has 1 rings (SSSR count). The van der Waals surface area contributed by atoms with Gasteiger partial charge in [-0.15, -0.1) is 0 Å². The van der Waals surface area contributed by atoms with Crippen LogP contribution in [-0.2, 0) is 6.42 Å². The largest absolute Gasteiger partial charge is 0.396 e. The maximum Gasteiger partial charge on any atom is 0.0471 e. The molecular weight excluding hydrogens is 354 g/mol. The predicted octanol–water partition coefficient (Wildman–Crippen LogP) is 8.28. The third-order valence-electron chi connectivity index (χ3n) is 5.96. The molecule has 0 aliphatic rings. The fourth-order valence-electron chi connectivity index (χ4n) is 4.00. The Balaban J connectivity index is 1.76. The molecule has 0 aliphatic carbocycles. The third kappa shape index (κ3) is 16.5. The number of nitrogens with one attached hydrogen (secondary N) is 1. The summed E-state index contributed by atoms with van der Waals surface area (Å²) in [6, 6.07) is 8.46. The first-order chi connectivity index (χ1) is 14.4. The Morgan fingerprint density at radius 1 is 0.586 bits per heavy atom. The van der Waals surface area contributed by atoms with Gasteiger partial charge in [0, 0.05) is 18.8 Å². The van der Waals surface area contributed by atoms with Crippen LogP contribution in [-0.4, -0.2) is 18.3 Å². The molecule has 0 amide bonds. The summed E-state index contributed by atoms with van der Waals surface area (Å²) in [4.78, 5) is 0. The molecule has 0 saturated carbocycles. The van der Waals surface area contributed by atoms with Crippen molar-refractivity contribution in [1.82, 2.24) is 0 Å². The van der Waals surface area contributed by atoms with Crippen molar-refractivity contribution in [3.8, 4) is 0 Å². The second-order valence-corrected chi connectivity index (χ2v) is 8.75. The highest BCUT2D eigenvalue weighted by Crippen LogP contribution is 2.14. The second kappa shape index (κ2) is 20.3. The molecule has 168 valence electrons. The van der Waals surface area contributed by atoms with E-state index in [2.05, 4.69) is 36.5 Å². The van der Waals surface area contributed by atoms with Crippen molar-refractivity contribution in [1.29, 1.82) is 0 Å².